The lowest BCUT2D eigenvalue weighted by atomic mass is 10.1. The number of hydrogen-bond acceptors (Lipinski definition) is 3. The van der Waals surface area contributed by atoms with Gasteiger partial charge in [0, 0.05) is 0 Å². The monoisotopic (exact) mass is 264 g/mol. The topological polar surface area (TPSA) is 28.4 Å². The molecule has 1 aliphatic rings. The molecule has 0 saturated carbocycles. The molecule has 1 N–H and O–H groups in total. The lowest BCUT2D eigenvalue weighted by molar-refractivity contribution is 0.203. The number of aryl methyl sites for hydroxylation is 1. The minimum Gasteiger partial charge on any atom is -0.463 e. The fourth-order valence-electron chi connectivity index (χ4n) is 2.66. The van der Waals surface area contributed by atoms with E-state index in [0.29, 0.717) is 5.92 Å². The third-order valence-corrected chi connectivity index (χ3v) is 3.74. The molecule has 1 aromatic rings. The van der Waals surface area contributed by atoms with Crippen molar-refractivity contribution in [2.45, 2.75) is 53.1 Å². The van der Waals surface area contributed by atoms with Gasteiger partial charge in [-0.1, -0.05) is 20.3 Å². The van der Waals surface area contributed by atoms with Gasteiger partial charge in [-0.05, 0) is 56.9 Å². The molecule has 0 unspecified atom stereocenters. The lowest BCUT2D eigenvalue weighted by Crippen LogP contribution is -2.28. The first-order chi connectivity index (χ1) is 9.15. The third-order valence-electron chi connectivity index (χ3n) is 3.74. The van der Waals surface area contributed by atoms with Crippen LogP contribution in [0.3, 0.4) is 0 Å². The Kier molecular flexibility index (Phi) is 5.46. The average molecular weight is 264 g/mol. The van der Waals surface area contributed by atoms with Crippen molar-refractivity contribution in [1.82, 2.24) is 10.2 Å². The van der Waals surface area contributed by atoms with Crippen molar-refractivity contribution < 1.29 is 4.42 Å². The van der Waals surface area contributed by atoms with Crippen LogP contribution in [0.5, 0.6) is 0 Å². The average Bonchev–Trinajstić information content (AvgIpc) is 2.70. The van der Waals surface area contributed by atoms with Gasteiger partial charge in [-0.25, -0.2) is 0 Å². The molecule has 0 aliphatic carbocycles. The quantitative estimate of drug-likeness (QED) is 0.854. The predicted octanol–water partition coefficient (Wildman–Crippen LogP) is 3.32. The number of likely N-dealkylation sites (tertiary alicyclic amines) is 1. The van der Waals surface area contributed by atoms with Crippen molar-refractivity contribution in [3.63, 3.8) is 0 Å². The summed E-state index contributed by atoms with van der Waals surface area (Å²) in [5, 5.41) is 3.45. The van der Waals surface area contributed by atoms with Gasteiger partial charge in [0.1, 0.15) is 11.5 Å². The Balaban J connectivity index is 1.84. The van der Waals surface area contributed by atoms with Gasteiger partial charge in [-0.2, -0.15) is 0 Å². The number of piperidine rings is 1. The van der Waals surface area contributed by atoms with Gasteiger partial charge in [-0.3, -0.25) is 4.90 Å². The molecule has 2 heterocycles. The molecular weight excluding hydrogens is 236 g/mol. The van der Waals surface area contributed by atoms with Crippen molar-refractivity contribution >= 4 is 0 Å². The third kappa shape index (κ3) is 4.66. The Morgan fingerprint density at radius 1 is 1.26 bits per heavy atom. The van der Waals surface area contributed by atoms with Crippen LogP contribution >= 0.6 is 0 Å². The highest BCUT2D eigenvalue weighted by Gasteiger charge is 2.14. The molecule has 1 saturated heterocycles. The molecule has 108 valence electrons. The predicted molar refractivity (Wildman–Crippen MR) is 79.1 cm³/mol. The molecule has 2 rings (SSSR count). The van der Waals surface area contributed by atoms with E-state index >= 15 is 0 Å². The van der Waals surface area contributed by atoms with E-state index in [-0.39, 0.29) is 0 Å². The van der Waals surface area contributed by atoms with Gasteiger partial charge in [0.25, 0.3) is 0 Å². The minimum atomic E-state index is 0.683. The number of hydrogen-bond donors (Lipinski definition) is 1. The Morgan fingerprint density at radius 3 is 2.68 bits per heavy atom. The Labute approximate surface area is 117 Å². The number of furan rings is 1. The fourth-order valence-corrected chi connectivity index (χ4v) is 2.66. The summed E-state index contributed by atoms with van der Waals surface area (Å²) in [5.74, 6) is 2.91. The molecule has 3 nitrogen and oxygen atoms in total. The van der Waals surface area contributed by atoms with Gasteiger partial charge >= 0.3 is 0 Å². The molecule has 1 fully saturated rings. The molecule has 0 atom stereocenters. The van der Waals surface area contributed by atoms with E-state index in [9.17, 15) is 0 Å². The highest BCUT2D eigenvalue weighted by Crippen LogP contribution is 2.18. The van der Waals surface area contributed by atoms with Crippen molar-refractivity contribution in [2.24, 2.45) is 5.92 Å². The van der Waals surface area contributed by atoms with E-state index < -0.39 is 0 Å². The summed E-state index contributed by atoms with van der Waals surface area (Å²) < 4.78 is 5.99. The molecule has 0 amide bonds. The maximum atomic E-state index is 5.99. The van der Waals surface area contributed by atoms with Crippen LogP contribution in [0.15, 0.2) is 10.5 Å². The first kappa shape index (κ1) is 14.6. The lowest BCUT2D eigenvalue weighted by Gasteiger charge is -2.25. The summed E-state index contributed by atoms with van der Waals surface area (Å²) in [4.78, 5) is 2.51. The first-order valence-electron chi connectivity index (χ1n) is 7.66. The summed E-state index contributed by atoms with van der Waals surface area (Å²) in [6.07, 6.45) is 4.06. The van der Waals surface area contributed by atoms with Gasteiger partial charge in [0.2, 0.25) is 0 Å². The second-order valence-electron chi connectivity index (χ2n) is 6.18. The molecule has 0 bridgehead atoms. The molecule has 0 aromatic carbocycles. The van der Waals surface area contributed by atoms with Crippen molar-refractivity contribution in [3.8, 4) is 0 Å². The number of nitrogens with one attached hydrogen (secondary N) is 1. The van der Waals surface area contributed by atoms with Crippen LogP contribution in [0, 0.1) is 12.8 Å². The van der Waals surface area contributed by atoms with Crippen LogP contribution < -0.4 is 5.32 Å². The molecular formula is C16H28N2O. The van der Waals surface area contributed by atoms with Crippen LogP contribution in [0.1, 0.15) is 50.2 Å². The second-order valence-corrected chi connectivity index (χ2v) is 6.18. The Morgan fingerprint density at radius 2 is 2.00 bits per heavy atom. The molecule has 3 heteroatoms. The van der Waals surface area contributed by atoms with E-state index in [0.717, 1.165) is 31.2 Å². The zero-order chi connectivity index (χ0) is 13.7. The highest BCUT2D eigenvalue weighted by molar-refractivity contribution is 5.20. The van der Waals surface area contributed by atoms with E-state index in [1.165, 1.54) is 37.9 Å². The zero-order valence-corrected chi connectivity index (χ0v) is 12.7. The van der Waals surface area contributed by atoms with Crippen molar-refractivity contribution in [2.75, 3.05) is 19.6 Å². The van der Waals surface area contributed by atoms with Crippen LogP contribution in [-0.2, 0) is 13.1 Å². The Bertz CT molecular complexity index is 378. The normalized spacial score (nSPS) is 17.3. The van der Waals surface area contributed by atoms with Crippen LogP contribution in [0.2, 0.25) is 0 Å². The Hall–Kier alpha value is -0.800. The standard InChI is InChI=1S/C16H28N2O/c1-13(2)10-17-11-16-14(3)9-15(19-16)12-18-7-5-4-6-8-18/h9,13,17H,4-8,10-12H2,1-3H3. The molecule has 19 heavy (non-hydrogen) atoms. The van der Waals surface area contributed by atoms with E-state index in [2.05, 4.69) is 37.1 Å². The smallest absolute Gasteiger partial charge is 0.120 e. The summed E-state index contributed by atoms with van der Waals surface area (Å²) in [5.41, 5.74) is 1.28. The van der Waals surface area contributed by atoms with Crippen molar-refractivity contribution in [1.29, 1.82) is 0 Å². The summed E-state index contributed by atoms with van der Waals surface area (Å²) >= 11 is 0. The number of rotatable bonds is 6. The summed E-state index contributed by atoms with van der Waals surface area (Å²) in [6, 6.07) is 2.21. The van der Waals surface area contributed by atoms with Gasteiger partial charge < -0.3 is 9.73 Å². The highest BCUT2D eigenvalue weighted by atomic mass is 16.3. The van der Waals surface area contributed by atoms with Crippen molar-refractivity contribution in [3.05, 3.63) is 23.2 Å². The molecule has 1 aromatic heterocycles. The van der Waals surface area contributed by atoms with E-state index in [1.54, 1.807) is 0 Å². The maximum Gasteiger partial charge on any atom is 0.120 e. The van der Waals surface area contributed by atoms with Gasteiger partial charge in [0.15, 0.2) is 0 Å². The first-order valence-corrected chi connectivity index (χ1v) is 7.66. The fraction of sp³-hybridized carbons (Fsp3) is 0.750. The van der Waals surface area contributed by atoms with Crippen LogP contribution in [-0.4, -0.2) is 24.5 Å². The van der Waals surface area contributed by atoms with Gasteiger partial charge in [0.05, 0.1) is 13.1 Å². The summed E-state index contributed by atoms with van der Waals surface area (Å²) in [7, 11) is 0. The molecule has 1 aliphatic heterocycles. The molecule has 0 spiro atoms. The second kappa shape index (κ2) is 7.11. The van der Waals surface area contributed by atoms with Gasteiger partial charge in [-0.15, -0.1) is 0 Å². The number of nitrogens with zero attached hydrogens (tertiary/aromatic N) is 1. The maximum absolute atomic E-state index is 5.99. The van der Waals surface area contributed by atoms with Crippen LogP contribution in [0.4, 0.5) is 0 Å². The van der Waals surface area contributed by atoms with E-state index in [1.807, 2.05) is 0 Å². The largest absolute Gasteiger partial charge is 0.463 e. The minimum absolute atomic E-state index is 0.683. The SMILES string of the molecule is Cc1cc(CN2CCCCC2)oc1CNCC(C)C. The zero-order valence-electron chi connectivity index (χ0n) is 12.7. The van der Waals surface area contributed by atoms with E-state index in [4.69, 9.17) is 4.42 Å². The summed E-state index contributed by atoms with van der Waals surface area (Å²) in [6.45, 7) is 11.9. The molecule has 0 radical (unpaired) electrons. The van der Waals surface area contributed by atoms with Crippen LogP contribution in [0.25, 0.3) is 0 Å².